The van der Waals surface area contributed by atoms with Crippen molar-refractivity contribution in [3.63, 3.8) is 0 Å². The Hall–Kier alpha value is -4.45. The zero-order chi connectivity index (χ0) is 25.8. The lowest BCUT2D eigenvalue weighted by Crippen LogP contribution is -2.42. The third-order valence-corrected chi connectivity index (χ3v) is 7.03. The quantitative estimate of drug-likeness (QED) is 0.520. The van der Waals surface area contributed by atoms with Crippen molar-refractivity contribution in [3.05, 3.63) is 71.9 Å². The van der Waals surface area contributed by atoms with E-state index in [0.717, 1.165) is 30.5 Å². The highest BCUT2D eigenvalue weighted by Gasteiger charge is 2.40. The average Bonchev–Trinajstić information content (AvgIpc) is 3.56. The van der Waals surface area contributed by atoms with E-state index in [2.05, 4.69) is 10.4 Å². The Morgan fingerprint density at radius 1 is 1.03 bits per heavy atom. The van der Waals surface area contributed by atoms with Crippen LogP contribution in [0, 0.1) is 23.2 Å². The minimum Gasteiger partial charge on any atom is -0.455 e. The molecular formula is C28H27N5O4. The molecule has 0 spiro atoms. The summed E-state index contributed by atoms with van der Waals surface area (Å²) in [6.45, 7) is 0.0861. The van der Waals surface area contributed by atoms with Gasteiger partial charge in [0.2, 0.25) is 5.91 Å². The number of nitrogens with zero attached hydrogens (tertiary/aromatic N) is 4. The summed E-state index contributed by atoms with van der Waals surface area (Å²) in [5, 5.41) is 16.3. The number of carbonyl (C=O) groups is 3. The number of fused-ring (bicyclic) bond motifs is 1. The SMILES string of the molecule is N#Cc1cnn(-c2ccccc2)c1NC(=O)COC(=O)C1CCCCC1C(=O)N1CCc2ccccc21. The molecule has 2 aliphatic rings. The fourth-order valence-corrected chi connectivity index (χ4v) is 5.20. The Balaban J connectivity index is 1.24. The molecule has 9 heteroatoms. The van der Waals surface area contributed by atoms with Gasteiger partial charge in [0.15, 0.2) is 12.4 Å². The number of hydrogen-bond acceptors (Lipinski definition) is 6. The molecule has 2 amide bonds. The van der Waals surface area contributed by atoms with Gasteiger partial charge in [0.05, 0.1) is 23.7 Å². The molecule has 0 saturated heterocycles. The van der Waals surface area contributed by atoms with E-state index in [9.17, 15) is 19.6 Å². The molecule has 2 atom stereocenters. The number of aromatic nitrogens is 2. The van der Waals surface area contributed by atoms with Crippen molar-refractivity contribution in [2.45, 2.75) is 32.1 Å². The van der Waals surface area contributed by atoms with Gasteiger partial charge in [-0.1, -0.05) is 49.2 Å². The molecule has 1 aliphatic carbocycles. The fraction of sp³-hybridized carbons (Fsp3) is 0.321. The van der Waals surface area contributed by atoms with Crippen LogP contribution < -0.4 is 10.2 Å². The minimum atomic E-state index is -0.591. The Morgan fingerprint density at radius 3 is 2.54 bits per heavy atom. The molecule has 2 unspecified atom stereocenters. The van der Waals surface area contributed by atoms with Crippen molar-refractivity contribution in [3.8, 4) is 11.8 Å². The van der Waals surface area contributed by atoms with E-state index >= 15 is 0 Å². The smallest absolute Gasteiger partial charge is 0.310 e. The number of para-hydroxylation sites is 2. The second-order valence-corrected chi connectivity index (χ2v) is 9.29. The molecule has 0 radical (unpaired) electrons. The largest absolute Gasteiger partial charge is 0.455 e. The van der Waals surface area contributed by atoms with Crippen LogP contribution >= 0.6 is 0 Å². The summed E-state index contributed by atoms with van der Waals surface area (Å²) in [5.74, 6) is -2.05. The van der Waals surface area contributed by atoms with Crippen molar-refractivity contribution in [2.75, 3.05) is 23.4 Å². The molecule has 0 bridgehead atoms. The summed E-state index contributed by atoms with van der Waals surface area (Å²) in [6.07, 6.45) is 5.03. The molecule has 1 aromatic heterocycles. The number of benzene rings is 2. The molecular weight excluding hydrogens is 470 g/mol. The number of ether oxygens (including phenoxy) is 1. The van der Waals surface area contributed by atoms with Gasteiger partial charge in [-0.3, -0.25) is 14.4 Å². The van der Waals surface area contributed by atoms with Gasteiger partial charge < -0.3 is 15.0 Å². The standard InChI is InChI=1S/C28H27N5O4/c29-16-20-17-30-33(21-9-2-1-3-10-21)26(20)31-25(34)18-37-28(36)23-12-6-5-11-22(23)27(35)32-15-14-19-8-4-7-13-24(19)32/h1-4,7-10,13,17,22-23H,5-6,11-12,14-15,18H2,(H,31,34). The van der Waals surface area contributed by atoms with Crippen LogP contribution in [-0.4, -0.2) is 40.7 Å². The molecule has 1 fully saturated rings. The van der Waals surface area contributed by atoms with Crippen LogP contribution in [-0.2, 0) is 25.5 Å². The normalized spacial score (nSPS) is 18.5. The van der Waals surface area contributed by atoms with Gasteiger partial charge in [0, 0.05) is 12.2 Å². The van der Waals surface area contributed by atoms with Crippen molar-refractivity contribution in [1.82, 2.24) is 9.78 Å². The van der Waals surface area contributed by atoms with Crippen molar-refractivity contribution in [1.29, 1.82) is 5.26 Å². The van der Waals surface area contributed by atoms with E-state index in [-0.39, 0.29) is 17.3 Å². The second kappa shape index (κ2) is 10.7. The predicted octanol–water partition coefficient (Wildman–Crippen LogP) is 3.62. The topological polar surface area (TPSA) is 117 Å². The highest BCUT2D eigenvalue weighted by molar-refractivity contribution is 5.99. The van der Waals surface area contributed by atoms with Crippen LogP contribution in [0.25, 0.3) is 5.69 Å². The summed E-state index contributed by atoms with van der Waals surface area (Å²) in [4.78, 5) is 41.0. The van der Waals surface area contributed by atoms with Crippen molar-refractivity contribution < 1.29 is 19.1 Å². The monoisotopic (exact) mass is 497 g/mol. The molecule has 3 aromatic rings. The lowest BCUT2D eigenvalue weighted by atomic mass is 9.78. The van der Waals surface area contributed by atoms with Crippen molar-refractivity contribution in [2.24, 2.45) is 11.8 Å². The molecule has 37 heavy (non-hydrogen) atoms. The first-order chi connectivity index (χ1) is 18.1. The average molecular weight is 498 g/mol. The number of carbonyl (C=O) groups excluding carboxylic acids is 3. The van der Waals surface area contributed by atoms with Gasteiger partial charge in [0.1, 0.15) is 11.6 Å². The van der Waals surface area contributed by atoms with Gasteiger partial charge in [-0.15, -0.1) is 0 Å². The van der Waals surface area contributed by atoms with Gasteiger partial charge >= 0.3 is 5.97 Å². The maximum Gasteiger partial charge on any atom is 0.310 e. The summed E-state index contributed by atoms with van der Waals surface area (Å²) in [5.41, 5.74) is 2.90. The lowest BCUT2D eigenvalue weighted by Gasteiger charge is -2.32. The molecule has 1 N–H and O–H groups in total. The molecule has 1 aliphatic heterocycles. The van der Waals surface area contributed by atoms with Crippen LogP contribution in [0.1, 0.15) is 36.8 Å². The molecule has 1 saturated carbocycles. The third-order valence-electron chi connectivity index (χ3n) is 7.03. The van der Waals surface area contributed by atoms with E-state index < -0.39 is 30.3 Å². The molecule has 188 valence electrons. The molecule has 2 aromatic carbocycles. The fourth-order valence-electron chi connectivity index (χ4n) is 5.20. The van der Waals surface area contributed by atoms with E-state index in [1.165, 1.54) is 10.9 Å². The van der Waals surface area contributed by atoms with E-state index in [4.69, 9.17) is 4.74 Å². The highest BCUT2D eigenvalue weighted by Crippen LogP contribution is 2.36. The minimum absolute atomic E-state index is 0.0542. The molecule has 5 rings (SSSR count). The van der Waals surface area contributed by atoms with Gasteiger partial charge in [-0.2, -0.15) is 10.4 Å². The predicted molar refractivity (Wildman–Crippen MR) is 136 cm³/mol. The van der Waals surface area contributed by atoms with Crippen LogP contribution in [0.5, 0.6) is 0 Å². The van der Waals surface area contributed by atoms with Crippen LogP contribution in [0.2, 0.25) is 0 Å². The van der Waals surface area contributed by atoms with E-state index in [1.807, 2.05) is 48.5 Å². The maximum absolute atomic E-state index is 13.5. The second-order valence-electron chi connectivity index (χ2n) is 9.29. The first kappa shape index (κ1) is 24.3. The zero-order valence-corrected chi connectivity index (χ0v) is 20.3. The summed E-state index contributed by atoms with van der Waals surface area (Å²) < 4.78 is 6.84. The van der Waals surface area contributed by atoms with Crippen LogP contribution in [0.4, 0.5) is 11.5 Å². The Bertz CT molecular complexity index is 1360. The first-order valence-electron chi connectivity index (χ1n) is 12.5. The molecule has 2 heterocycles. The molecule has 9 nitrogen and oxygen atoms in total. The lowest BCUT2D eigenvalue weighted by molar-refractivity contribution is -0.156. The summed E-state index contributed by atoms with van der Waals surface area (Å²) in [6, 6.07) is 18.9. The van der Waals surface area contributed by atoms with Gasteiger partial charge in [-0.25, -0.2) is 4.68 Å². The number of rotatable bonds is 6. The summed E-state index contributed by atoms with van der Waals surface area (Å²) >= 11 is 0. The number of amides is 2. The van der Waals surface area contributed by atoms with E-state index in [1.54, 1.807) is 17.0 Å². The van der Waals surface area contributed by atoms with Crippen LogP contribution in [0.15, 0.2) is 60.8 Å². The van der Waals surface area contributed by atoms with Crippen LogP contribution in [0.3, 0.4) is 0 Å². The number of hydrogen-bond donors (Lipinski definition) is 1. The Kier molecular flexibility index (Phi) is 6.99. The number of esters is 1. The summed E-state index contributed by atoms with van der Waals surface area (Å²) in [7, 11) is 0. The Morgan fingerprint density at radius 2 is 1.76 bits per heavy atom. The number of nitriles is 1. The first-order valence-corrected chi connectivity index (χ1v) is 12.5. The van der Waals surface area contributed by atoms with Gasteiger partial charge in [-0.05, 0) is 43.0 Å². The number of anilines is 2. The van der Waals surface area contributed by atoms with Gasteiger partial charge in [0.25, 0.3) is 5.91 Å². The highest BCUT2D eigenvalue weighted by atomic mass is 16.5. The maximum atomic E-state index is 13.5. The number of nitrogens with one attached hydrogen (secondary N) is 1. The third kappa shape index (κ3) is 4.96. The Labute approximate surface area is 214 Å². The van der Waals surface area contributed by atoms with Crippen molar-refractivity contribution >= 4 is 29.3 Å². The van der Waals surface area contributed by atoms with E-state index in [0.29, 0.717) is 25.1 Å². The zero-order valence-electron chi connectivity index (χ0n) is 20.3.